The number of amides is 2. The first kappa shape index (κ1) is 21.2. The molecule has 1 aliphatic rings. The van der Waals surface area contributed by atoms with Crippen LogP contribution in [-0.4, -0.2) is 31.6 Å². The average Bonchev–Trinajstić information content (AvgIpc) is 2.77. The molecule has 160 valence electrons. The summed E-state index contributed by atoms with van der Waals surface area (Å²) in [5, 5.41) is 7.75. The summed E-state index contributed by atoms with van der Waals surface area (Å²) in [4.78, 5) is 24.8. The highest BCUT2D eigenvalue weighted by Crippen LogP contribution is 2.37. The Bertz CT molecular complexity index is 1130. The third-order valence-electron chi connectivity index (χ3n) is 5.18. The maximum atomic E-state index is 12.4. The standard InChI is InChI=1S/C24H23BrN2O4/c1-15(19-12-21-22(13-20(19)25)31-10-9-30-21)27-24(29)14-26-23(28)11-17-7-4-6-16-5-2-3-8-18(16)17/h2-8,12-13,15H,9-11,14H2,1H3,(H,26,28)(H,27,29). The van der Waals surface area contributed by atoms with Gasteiger partial charge < -0.3 is 20.1 Å². The van der Waals surface area contributed by atoms with Crippen molar-refractivity contribution in [3.63, 3.8) is 0 Å². The summed E-state index contributed by atoms with van der Waals surface area (Å²) in [6.07, 6.45) is 0.220. The fourth-order valence-electron chi connectivity index (χ4n) is 3.64. The van der Waals surface area contributed by atoms with E-state index in [2.05, 4.69) is 26.6 Å². The van der Waals surface area contributed by atoms with Gasteiger partial charge in [-0.3, -0.25) is 9.59 Å². The van der Waals surface area contributed by atoms with Gasteiger partial charge in [0.2, 0.25) is 11.8 Å². The monoisotopic (exact) mass is 482 g/mol. The first-order valence-electron chi connectivity index (χ1n) is 10.1. The van der Waals surface area contributed by atoms with E-state index < -0.39 is 0 Å². The van der Waals surface area contributed by atoms with Gasteiger partial charge in [-0.15, -0.1) is 0 Å². The molecule has 0 aromatic heterocycles. The second-order valence-corrected chi connectivity index (χ2v) is 8.25. The molecule has 1 aliphatic heterocycles. The largest absolute Gasteiger partial charge is 0.486 e. The highest BCUT2D eigenvalue weighted by molar-refractivity contribution is 9.10. The number of fused-ring (bicyclic) bond motifs is 2. The molecule has 0 spiro atoms. The van der Waals surface area contributed by atoms with Crippen molar-refractivity contribution in [2.45, 2.75) is 19.4 Å². The predicted octanol–water partition coefficient (Wildman–Crippen LogP) is 3.91. The van der Waals surface area contributed by atoms with Gasteiger partial charge in [0.1, 0.15) is 13.2 Å². The minimum absolute atomic E-state index is 0.0872. The summed E-state index contributed by atoms with van der Waals surface area (Å²) in [6.45, 7) is 2.81. The van der Waals surface area contributed by atoms with Crippen LogP contribution in [0.15, 0.2) is 59.1 Å². The van der Waals surface area contributed by atoms with Gasteiger partial charge in [0.25, 0.3) is 0 Å². The summed E-state index contributed by atoms with van der Waals surface area (Å²) in [5.41, 5.74) is 1.81. The van der Waals surface area contributed by atoms with Crippen molar-refractivity contribution in [3.05, 3.63) is 70.2 Å². The second-order valence-electron chi connectivity index (χ2n) is 7.40. The van der Waals surface area contributed by atoms with E-state index in [1.165, 1.54) is 0 Å². The minimum atomic E-state index is -0.271. The Balaban J connectivity index is 1.33. The second kappa shape index (κ2) is 9.39. The number of carbonyl (C=O) groups excluding carboxylic acids is 2. The van der Waals surface area contributed by atoms with E-state index in [0.29, 0.717) is 24.7 Å². The Labute approximate surface area is 189 Å². The van der Waals surface area contributed by atoms with Crippen LogP contribution in [0.2, 0.25) is 0 Å². The van der Waals surface area contributed by atoms with Gasteiger partial charge >= 0.3 is 0 Å². The molecule has 0 saturated heterocycles. The van der Waals surface area contributed by atoms with Crippen molar-refractivity contribution in [1.82, 2.24) is 10.6 Å². The molecule has 7 heteroatoms. The van der Waals surface area contributed by atoms with Crippen molar-refractivity contribution < 1.29 is 19.1 Å². The lowest BCUT2D eigenvalue weighted by Gasteiger charge is -2.22. The molecule has 31 heavy (non-hydrogen) atoms. The van der Waals surface area contributed by atoms with Crippen molar-refractivity contribution in [2.75, 3.05) is 19.8 Å². The van der Waals surface area contributed by atoms with Crippen LogP contribution in [0.1, 0.15) is 24.1 Å². The number of rotatable bonds is 6. The summed E-state index contributed by atoms with van der Waals surface area (Å²) in [7, 11) is 0. The van der Waals surface area contributed by atoms with Crippen LogP contribution >= 0.6 is 15.9 Å². The van der Waals surface area contributed by atoms with Gasteiger partial charge in [-0.1, -0.05) is 58.4 Å². The molecule has 2 amide bonds. The number of hydrogen-bond donors (Lipinski definition) is 2. The molecule has 1 atom stereocenters. The average molecular weight is 483 g/mol. The number of hydrogen-bond acceptors (Lipinski definition) is 4. The summed E-state index contributed by atoms with van der Waals surface area (Å²) in [5.74, 6) is 0.885. The van der Waals surface area contributed by atoms with Crippen LogP contribution in [0.3, 0.4) is 0 Å². The van der Waals surface area contributed by atoms with Gasteiger partial charge in [0.05, 0.1) is 19.0 Å². The molecule has 4 rings (SSSR count). The molecule has 2 N–H and O–H groups in total. The van der Waals surface area contributed by atoms with E-state index in [4.69, 9.17) is 9.47 Å². The van der Waals surface area contributed by atoms with E-state index in [0.717, 1.165) is 26.4 Å². The number of carbonyl (C=O) groups is 2. The molecule has 0 bridgehead atoms. The topological polar surface area (TPSA) is 76.7 Å². The quantitative estimate of drug-likeness (QED) is 0.558. The Hall–Kier alpha value is -3.06. The Kier molecular flexibility index (Phi) is 6.42. The normalized spacial score (nSPS) is 13.5. The molecular formula is C24H23BrN2O4. The molecule has 0 saturated carbocycles. The molecule has 0 fully saturated rings. The highest BCUT2D eigenvalue weighted by Gasteiger charge is 2.19. The lowest BCUT2D eigenvalue weighted by atomic mass is 10.0. The number of ether oxygens (including phenoxy) is 2. The minimum Gasteiger partial charge on any atom is -0.486 e. The molecule has 6 nitrogen and oxygen atoms in total. The van der Waals surface area contributed by atoms with Crippen molar-refractivity contribution >= 4 is 38.5 Å². The smallest absolute Gasteiger partial charge is 0.239 e. The van der Waals surface area contributed by atoms with E-state index in [-0.39, 0.29) is 30.8 Å². The van der Waals surface area contributed by atoms with Crippen molar-refractivity contribution in [3.8, 4) is 11.5 Å². The molecular weight excluding hydrogens is 460 g/mol. The Morgan fingerprint density at radius 3 is 2.52 bits per heavy atom. The van der Waals surface area contributed by atoms with Crippen molar-refractivity contribution in [2.24, 2.45) is 0 Å². The number of halogens is 1. The SMILES string of the molecule is CC(NC(=O)CNC(=O)Cc1cccc2ccccc12)c1cc2c(cc1Br)OCCO2. The van der Waals surface area contributed by atoms with Crippen LogP contribution in [0, 0.1) is 0 Å². The van der Waals surface area contributed by atoms with E-state index >= 15 is 0 Å². The molecule has 3 aromatic rings. The van der Waals surface area contributed by atoms with Gasteiger partial charge in [0, 0.05) is 4.47 Å². The third kappa shape index (κ3) is 4.99. The Morgan fingerprint density at radius 1 is 1.00 bits per heavy atom. The highest BCUT2D eigenvalue weighted by atomic mass is 79.9. The van der Waals surface area contributed by atoms with Gasteiger partial charge in [0.15, 0.2) is 11.5 Å². The van der Waals surface area contributed by atoms with E-state index in [1.54, 1.807) is 0 Å². The van der Waals surface area contributed by atoms with Crippen LogP contribution in [0.5, 0.6) is 11.5 Å². The molecule has 0 radical (unpaired) electrons. The maximum absolute atomic E-state index is 12.4. The molecule has 1 unspecified atom stereocenters. The van der Waals surface area contributed by atoms with Gasteiger partial charge in [-0.2, -0.15) is 0 Å². The number of nitrogens with one attached hydrogen (secondary N) is 2. The fourth-order valence-corrected chi connectivity index (χ4v) is 4.31. The van der Waals surface area contributed by atoms with E-state index in [9.17, 15) is 9.59 Å². The molecule has 3 aromatic carbocycles. The van der Waals surface area contributed by atoms with Crippen molar-refractivity contribution in [1.29, 1.82) is 0 Å². The zero-order chi connectivity index (χ0) is 21.8. The number of benzene rings is 3. The predicted molar refractivity (Wildman–Crippen MR) is 122 cm³/mol. The van der Waals surface area contributed by atoms with Gasteiger partial charge in [-0.05, 0) is 41.0 Å². The zero-order valence-electron chi connectivity index (χ0n) is 17.1. The molecule has 0 aliphatic carbocycles. The fraction of sp³-hybridized carbons (Fsp3) is 0.250. The van der Waals surface area contributed by atoms with E-state index in [1.807, 2.05) is 61.5 Å². The maximum Gasteiger partial charge on any atom is 0.239 e. The first-order chi connectivity index (χ1) is 15.0. The third-order valence-corrected chi connectivity index (χ3v) is 5.87. The summed E-state index contributed by atoms with van der Waals surface area (Å²) < 4.78 is 12.0. The first-order valence-corrected chi connectivity index (χ1v) is 10.9. The van der Waals surface area contributed by atoms with Crippen LogP contribution in [0.25, 0.3) is 10.8 Å². The Morgan fingerprint density at radius 2 is 1.71 bits per heavy atom. The summed E-state index contributed by atoms with van der Waals surface area (Å²) in [6, 6.07) is 17.3. The molecule has 1 heterocycles. The lowest BCUT2D eigenvalue weighted by molar-refractivity contribution is -0.126. The van der Waals surface area contributed by atoms with Crippen LogP contribution in [-0.2, 0) is 16.0 Å². The lowest BCUT2D eigenvalue weighted by Crippen LogP contribution is -2.38. The van der Waals surface area contributed by atoms with Crippen LogP contribution < -0.4 is 20.1 Å². The summed E-state index contributed by atoms with van der Waals surface area (Å²) >= 11 is 3.53. The van der Waals surface area contributed by atoms with Crippen LogP contribution in [0.4, 0.5) is 0 Å². The zero-order valence-corrected chi connectivity index (χ0v) is 18.7. The van der Waals surface area contributed by atoms with Gasteiger partial charge in [-0.25, -0.2) is 0 Å².